The molecule has 0 radical (unpaired) electrons. The summed E-state index contributed by atoms with van der Waals surface area (Å²) in [6.45, 7) is 1.30. The number of carbonyl (C=O) groups is 3. The van der Waals surface area contributed by atoms with Crippen LogP contribution in [0.2, 0.25) is 0 Å². The van der Waals surface area contributed by atoms with Crippen LogP contribution in [0.5, 0.6) is 5.75 Å². The first-order valence-corrected chi connectivity index (χ1v) is 10.2. The number of methoxy groups -OCH3 is 1. The van der Waals surface area contributed by atoms with Crippen LogP contribution in [0.15, 0.2) is 24.3 Å². The predicted octanol–water partition coefficient (Wildman–Crippen LogP) is 2.51. The van der Waals surface area contributed by atoms with Gasteiger partial charge in [0, 0.05) is 24.7 Å². The van der Waals surface area contributed by atoms with Gasteiger partial charge in [-0.2, -0.15) is 0 Å². The van der Waals surface area contributed by atoms with Crippen LogP contribution in [0.1, 0.15) is 48.9 Å². The molecule has 2 saturated heterocycles. The number of nitrogens with zero attached hydrogens (tertiary/aromatic N) is 3. The number of hydrogen-bond acceptors (Lipinski definition) is 4. The topological polar surface area (TPSA) is 70.2 Å². The Labute approximate surface area is 165 Å². The quantitative estimate of drug-likeness (QED) is 0.750. The van der Waals surface area contributed by atoms with E-state index in [1.807, 2.05) is 0 Å². The largest absolute Gasteiger partial charge is 0.497 e. The molecule has 1 aromatic rings. The molecule has 1 aliphatic carbocycles. The van der Waals surface area contributed by atoms with E-state index < -0.39 is 6.04 Å². The van der Waals surface area contributed by atoms with Crippen LogP contribution in [-0.4, -0.2) is 71.4 Å². The van der Waals surface area contributed by atoms with Crippen molar-refractivity contribution in [2.45, 2.75) is 50.6 Å². The molecule has 28 heavy (non-hydrogen) atoms. The highest BCUT2D eigenvalue weighted by molar-refractivity contribution is 6.05. The Balaban J connectivity index is 1.53. The molecule has 0 N–H and O–H groups in total. The molecule has 0 spiro atoms. The Morgan fingerprint density at radius 3 is 2.61 bits per heavy atom. The Bertz CT molecular complexity index is 775. The minimum Gasteiger partial charge on any atom is -0.497 e. The van der Waals surface area contributed by atoms with E-state index >= 15 is 0 Å². The van der Waals surface area contributed by atoms with Crippen LogP contribution in [0, 0.1) is 0 Å². The summed E-state index contributed by atoms with van der Waals surface area (Å²) >= 11 is 0. The lowest BCUT2D eigenvalue weighted by molar-refractivity contribution is -0.130. The number of imide groups is 1. The van der Waals surface area contributed by atoms with Gasteiger partial charge in [0.05, 0.1) is 13.7 Å². The first kappa shape index (κ1) is 18.8. The Hall–Kier alpha value is -2.57. The maximum atomic E-state index is 13.1. The van der Waals surface area contributed by atoms with E-state index in [0.717, 1.165) is 25.7 Å². The summed E-state index contributed by atoms with van der Waals surface area (Å²) in [5.41, 5.74) is 0.536. The Kier molecular flexibility index (Phi) is 5.24. The summed E-state index contributed by atoms with van der Waals surface area (Å²) in [7, 11) is 1.57. The van der Waals surface area contributed by atoms with Gasteiger partial charge in [-0.05, 0) is 37.5 Å². The van der Waals surface area contributed by atoms with E-state index in [1.54, 1.807) is 41.2 Å². The highest BCUT2D eigenvalue weighted by Gasteiger charge is 2.49. The molecule has 0 bridgehead atoms. The maximum absolute atomic E-state index is 13.1. The summed E-state index contributed by atoms with van der Waals surface area (Å²) in [5.74, 6) is 0.359. The van der Waals surface area contributed by atoms with E-state index in [9.17, 15) is 14.4 Å². The second-order valence-corrected chi connectivity index (χ2v) is 7.83. The van der Waals surface area contributed by atoms with Crippen molar-refractivity contribution in [1.82, 2.24) is 14.7 Å². The van der Waals surface area contributed by atoms with Crippen LogP contribution in [0.3, 0.4) is 0 Å². The molecule has 1 aromatic carbocycles. The SMILES string of the molecule is COc1cccc(C(=O)N2CCCN3C(=O)N(C4CCCCC4)C(=O)C3C2)c1. The monoisotopic (exact) mass is 385 g/mol. The summed E-state index contributed by atoms with van der Waals surface area (Å²) in [5, 5.41) is 0. The highest BCUT2D eigenvalue weighted by atomic mass is 16.5. The summed E-state index contributed by atoms with van der Waals surface area (Å²) in [6, 6.07) is 6.32. The minimum absolute atomic E-state index is 0.0169. The first-order chi connectivity index (χ1) is 13.6. The molecule has 1 atom stereocenters. The van der Waals surface area contributed by atoms with Gasteiger partial charge in [-0.25, -0.2) is 4.79 Å². The van der Waals surface area contributed by atoms with E-state index in [1.165, 1.54) is 11.3 Å². The second kappa shape index (κ2) is 7.81. The third-order valence-electron chi connectivity index (χ3n) is 6.11. The van der Waals surface area contributed by atoms with Crippen LogP contribution >= 0.6 is 0 Å². The van der Waals surface area contributed by atoms with Gasteiger partial charge < -0.3 is 14.5 Å². The van der Waals surface area contributed by atoms with Gasteiger partial charge in [0.15, 0.2) is 0 Å². The lowest BCUT2D eigenvalue weighted by Gasteiger charge is -2.29. The standard InChI is InChI=1S/C21H27N3O4/c1-28-17-10-5-7-15(13-17)19(25)22-11-6-12-23-18(14-22)20(26)24(21(23)27)16-8-3-2-4-9-16/h5,7,10,13,16,18H,2-4,6,8-9,11-12,14H2,1H3. The fourth-order valence-corrected chi connectivity index (χ4v) is 4.62. The summed E-state index contributed by atoms with van der Waals surface area (Å²) in [4.78, 5) is 43.9. The number of urea groups is 1. The Morgan fingerprint density at radius 1 is 1.07 bits per heavy atom. The van der Waals surface area contributed by atoms with Gasteiger partial charge >= 0.3 is 6.03 Å². The Morgan fingerprint density at radius 2 is 1.86 bits per heavy atom. The second-order valence-electron chi connectivity index (χ2n) is 7.83. The van der Waals surface area contributed by atoms with E-state index in [0.29, 0.717) is 30.8 Å². The predicted molar refractivity (Wildman–Crippen MR) is 103 cm³/mol. The van der Waals surface area contributed by atoms with Crippen LogP contribution in [-0.2, 0) is 4.79 Å². The molecule has 7 nitrogen and oxygen atoms in total. The molecule has 1 saturated carbocycles. The van der Waals surface area contributed by atoms with E-state index in [4.69, 9.17) is 4.74 Å². The molecule has 4 rings (SSSR count). The average molecular weight is 385 g/mol. The lowest BCUT2D eigenvalue weighted by Crippen LogP contribution is -2.45. The smallest absolute Gasteiger partial charge is 0.327 e. The van der Waals surface area contributed by atoms with Crippen molar-refractivity contribution in [2.24, 2.45) is 0 Å². The molecule has 2 aliphatic heterocycles. The zero-order chi connectivity index (χ0) is 19.7. The molecule has 1 unspecified atom stereocenters. The van der Waals surface area contributed by atoms with Crippen molar-refractivity contribution < 1.29 is 19.1 Å². The number of benzene rings is 1. The first-order valence-electron chi connectivity index (χ1n) is 10.2. The van der Waals surface area contributed by atoms with E-state index in [2.05, 4.69) is 0 Å². The molecule has 3 fully saturated rings. The molecular formula is C21H27N3O4. The summed E-state index contributed by atoms with van der Waals surface area (Å²) < 4.78 is 5.21. The van der Waals surface area contributed by atoms with Crippen LogP contribution in [0.25, 0.3) is 0 Å². The maximum Gasteiger partial charge on any atom is 0.327 e. The molecule has 2 heterocycles. The van der Waals surface area contributed by atoms with E-state index in [-0.39, 0.29) is 30.4 Å². The van der Waals surface area contributed by atoms with Gasteiger partial charge in [0.2, 0.25) is 0 Å². The number of ether oxygens (including phenoxy) is 1. The van der Waals surface area contributed by atoms with Gasteiger partial charge in [0.25, 0.3) is 11.8 Å². The van der Waals surface area contributed by atoms with Crippen molar-refractivity contribution in [1.29, 1.82) is 0 Å². The van der Waals surface area contributed by atoms with Crippen LogP contribution in [0.4, 0.5) is 4.79 Å². The molecular weight excluding hydrogens is 358 g/mol. The fourth-order valence-electron chi connectivity index (χ4n) is 4.62. The van der Waals surface area contributed by atoms with Gasteiger partial charge in [-0.1, -0.05) is 25.3 Å². The molecule has 4 amide bonds. The van der Waals surface area contributed by atoms with Crippen LogP contribution < -0.4 is 4.74 Å². The highest BCUT2D eigenvalue weighted by Crippen LogP contribution is 2.30. The zero-order valence-electron chi connectivity index (χ0n) is 16.3. The third kappa shape index (κ3) is 3.34. The number of hydrogen-bond donors (Lipinski definition) is 0. The van der Waals surface area contributed by atoms with Crippen molar-refractivity contribution in [3.05, 3.63) is 29.8 Å². The van der Waals surface area contributed by atoms with Crippen molar-refractivity contribution in [2.75, 3.05) is 26.7 Å². The number of carbonyl (C=O) groups excluding carboxylic acids is 3. The average Bonchev–Trinajstić information content (AvgIpc) is 2.89. The van der Waals surface area contributed by atoms with Gasteiger partial charge in [-0.15, -0.1) is 0 Å². The van der Waals surface area contributed by atoms with Gasteiger partial charge in [0.1, 0.15) is 11.8 Å². The third-order valence-corrected chi connectivity index (χ3v) is 6.11. The van der Waals surface area contributed by atoms with Gasteiger partial charge in [-0.3, -0.25) is 14.5 Å². The van der Waals surface area contributed by atoms with Crippen molar-refractivity contribution >= 4 is 17.8 Å². The fraction of sp³-hybridized carbons (Fsp3) is 0.571. The number of fused-ring (bicyclic) bond motifs is 1. The minimum atomic E-state index is -0.563. The lowest BCUT2D eigenvalue weighted by atomic mass is 9.94. The summed E-state index contributed by atoms with van der Waals surface area (Å²) in [6.07, 6.45) is 5.75. The van der Waals surface area contributed by atoms with Crippen molar-refractivity contribution in [3.8, 4) is 5.75 Å². The molecule has 0 aromatic heterocycles. The van der Waals surface area contributed by atoms with Crippen molar-refractivity contribution in [3.63, 3.8) is 0 Å². The molecule has 3 aliphatic rings. The zero-order valence-corrected chi connectivity index (χ0v) is 16.3. The number of rotatable bonds is 3. The molecule has 7 heteroatoms. The molecule has 150 valence electrons. The number of amides is 4. The normalized spacial score (nSPS) is 23.6.